The van der Waals surface area contributed by atoms with Crippen molar-refractivity contribution < 1.29 is 18.7 Å². The van der Waals surface area contributed by atoms with E-state index >= 15 is 0 Å². The third-order valence-corrected chi connectivity index (χ3v) is 6.08. The maximum absolute atomic E-state index is 13.5. The lowest BCUT2D eigenvalue weighted by Crippen LogP contribution is -2.30. The van der Waals surface area contributed by atoms with E-state index in [1.54, 1.807) is 36.3 Å². The molecular formula is C28H25NO5. The maximum atomic E-state index is 13.5. The zero-order chi connectivity index (χ0) is 23.7. The minimum atomic E-state index is -0.555. The first kappa shape index (κ1) is 21.8. The van der Waals surface area contributed by atoms with Gasteiger partial charge in [0.25, 0.3) is 5.91 Å². The van der Waals surface area contributed by atoms with E-state index in [0.717, 1.165) is 17.5 Å². The van der Waals surface area contributed by atoms with Crippen LogP contribution < -0.4 is 14.9 Å². The highest BCUT2D eigenvalue weighted by Gasteiger charge is 2.42. The highest BCUT2D eigenvalue weighted by molar-refractivity contribution is 5.99. The molecule has 0 bridgehead atoms. The average molecular weight is 456 g/mol. The summed E-state index contributed by atoms with van der Waals surface area (Å²) in [5.41, 5.74) is 2.42. The first-order valence-corrected chi connectivity index (χ1v) is 11.3. The van der Waals surface area contributed by atoms with Crippen LogP contribution in [0.4, 0.5) is 0 Å². The van der Waals surface area contributed by atoms with Gasteiger partial charge in [0, 0.05) is 6.54 Å². The third-order valence-electron chi connectivity index (χ3n) is 6.08. The lowest BCUT2D eigenvalue weighted by Gasteiger charge is -2.25. The molecule has 0 fully saturated rings. The number of hydrogen-bond donors (Lipinski definition) is 0. The zero-order valence-electron chi connectivity index (χ0n) is 19.1. The van der Waals surface area contributed by atoms with E-state index in [9.17, 15) is 9.59 Å². The largest absolute Gasteiger partial charge is 0.493 e. The molecule has 1 aliphatic heterocycles. The number of ether oxygens (including phenoxy) is 2. The van der Waals surface area contributed by atoms with Crippen molar-refractivity contribution in [2.24, 2.45) is 0 Å². The van der Waals surface area contributed by atoms with Gasteiger partial charge in [-0.2, -0.15) is 0 Å². The molecule has 6 heteroatoms. The Balaban J connectivity index is 1.57. The lowest BCUT2D eigenvalue weighted by atomic mass is 9.98. The summed E-state index contributed by atoms with van der Waals surface area (Å²) < 4.78 is 17.6. The van der Waals surface area contributed by atoms with Crippen LogP contribution >= 0.6 is 0 Å². The first-order valence-electron chi connectivity index (χ1n) is 11.3. The van der Waals surface area contributed by atoms with Crippen LogP contribution in [0.25, 0.3) is 11.0 Å². The first-order chi connectivity index (χ1) is 16.6. The van der Waals surface area contributed by atoms with Gasteiger partial charge in [-0.05, 0) is 41.8 Å². The van der Waals surface area contributed by atoms with E-state index in [-0.39, 0.29) is 17.1 Å². The predicted octanol–water partition coefficient (Wildman–Crippen LogP) is 5.34. The summed E-state index contributed by atoms with van der Waals surface area (Å²) in [5.74, 6) is 0.974. The normalized spacial score (nSPS) is 14.9. The number of amides is 1. The molecule has 0 radical (unpaired) electrons. The van der Waals surface area contributed by atoms with Gasteiger partial charge in [-0.25, -0.2) is 0 Å². The van der Waals surface area contributed by atoms with Crippen LogP contribution in [0.5, 0.6) is 11.5 Å². The number of carbonyl (C=O) groups is 1. The molecule has 1 aliphatic rings. The summed E-state index contributed by atoms with van der Waals surface area (Å²) in [7, 11) is 1.58. The quantitative estimate of drug-likeness (QED) is 0.376. The Hall–Kier alpha value is -4.06. The van der Waals surface area contributed by atoms with Crippen LogP contribution in [0.15, 0.2) is 82.0 Å². The van der Waals surface area contributed by atoms with E-state index in [2.05, 4.69) is 0 Å². The minimum Gasteiger partial charge on any atom is -0.493 e. The Kier molecular flexibility index (Phi) is 5.80. The molecule has 1 aromatic heterocycles. The Labute approximate surface area is 197 Å². The van der Waals surface area contributed by atoms with Crippen molar-refractivity contribution in [1.29, 1.82) is 0 Å². The molecule has 1 amide bonds. The molecule has 1 atom stereocenters. The topological polar surface area (TPSA) is 69.0 Å². The van der Waals surface area contributed by atoms with Gasteiger partial charge in [0.05, 0.1) is 24.1 Å². The number of rotatable bonds is 7. The van der Waals surface area contributed by atoms with Crippen LogP contribution in [-0.2, 0) is 6.61 Å². The molecule has 2 heterocycles. The molecule has 3 aromatic carbocycles. The van der Waals surface area contributed by atoms with Crippen LogP contribution in [0, 0.1) is 0 Å². The monoisotopic (exact) mass is 455 g/mol. The summed E-state index contributed by atoms with van der Waals surface area (Å²) in [5, 5.41) is 0.465. The Bertz CT molecular complexity index is 1410. The van der Waals surface area contributed by atoms with Crippen molar-refractivity contribution in [3.05, 3.63) is 105 Å². The van der Waals surface area contributed by atoms with Gasteiger partial charge in [0.2, 0.25) is 5.76 Å². The Morgan fingerprint density at radius 1 is 0.941 bits per heavy atom. The fraction of sp³-hybridized carbons (Fsp3) is 0.214. The second kappa shape index (κ2) is 9.06. The summed E-state index contributed by atoms with van der Waals surface area (Å²) in [6, 6.07) is 21.9. The molecule has 4 aromatic rings. The predicted molar refractivity (Wildman–Crippen MR) is 129 cm³/mol. The summed E-state index contributed by atoms with van der Waals surface area (Å²) in [6.07, 6.45) is 0.749. The fourth-order valence-electron chi connectivity index (χ4n) is 4.49. The second-order valence-electron chi connectivity index (χ2n) is 8.26. The highest BCUT2D eigenvalue weighted by atomic mass is 16.5. The highest BCUT2D eigenvalue weighted by Crippen LogP contribution is 2.41. The van der Waals surface area contributed by atoms with Gasteiger partial charge in [-0.3, -0.25) is 9.59 Å². The average Bonchev–Trinajstić information content (AvgIpc) is 3.15. The summed E-state index contributed by atoms with van der Waals surface area (Å²) >= 11 is 0. The molecular weight excluding hydrogens is 430 g/mol. The van der Waals surface area contributed by atoms with Crippen LogP contribution in [0.3, 0.4) is 0 Å². The van der Waals surface area contributed by atoms with Crippen molar-refractivity contribution in [3.8, 4) is 11.5 Å². The number of methoxy groups -OCH3 is 1. The molecule has 172 valence electrons. The van der Waals surface area contributed by atoms with E-state index in [0.29, 0.717) is 41.2 Å². The molecule has 0 aliphatic carbocycles. The molecule has 0 saturated heterocycles. The fourth-order valence-corrected chi connectivity index (χ4v) is 4.49. The maximum Gasteiger partial charge on any atom is 0.290 e. The summed E-state index contributed by atoms with van der Waals surface area (Å²) in [4.78, 5) is 28.5. The van der Waals surface area contributed by atoms with Crippen LogP contribution in [-0.4, -0.2) is 24.5 Å². The van der Waals surface area contributed by atoms with E-state index in [1.807, 2.05) is 55.5 Å². The number of fused-ring (bicyclic) bond motifs is 2. The Morgan fingerprint density at radius 2 is 1.71 bits per heavy atom. The second-order valence-corrected chi connectivity index (χ2v) is 8.26. The van der Waals surface area contributed by atoms with Gasteiger partial charge in [0.15, 0.2) is 16.9 Å². The van der Waals surface area contributed by atoms with Crippen molar-refractivity contribution >= 4 is 16.9 Å². The molecule has 34 heavy (non-hydrogen) atoms. The molecule has 0 saturated carbocycles. The SMILES string of the molecule is CCCN1C(=O)c2oc3ccccc3c(=O)c2[C@H]1c1ccc(OCc2ccccc2)c(OC)c1. The van der Waals surface area contributed by atoms with E-state index in [4.69, 9.17) is 13.9 Å². The number of nitrogens with zero attached hydrogens (tertiary/aromatic N) is 1. The van der Waals surface area contributed by atoms with Crippen molar-refractivity contribution in [3.63, 3.8) is 0 Å². The van der Waals surface area contributed by atoms with Crippen LogP contribution in [0.2, 0.25) is 0 Å². The van der Waals surface area contributed by atoms with Gasteiger partial charge < -0.3 is 18.8 Å². The van der Waals surface area contributed by atoms with Crippen molar-refractivity contribution in [2.45, 2.75) is 26.0 Å². The van der Waals surface area contributed by atoms with Gasteiger partial charge in [-0.15, -0.1) is 0 Å². The zero-order valence-corrected chi connectivity index (χ0v) is 19.1. The molecule has 5 rings (SSSR count). The van der Waals surface area contributed by atoms with E-state index in [1.165, 1.54) is 0 Å². The molecule has 0 unspecified atom stereocenters. The number of hydrogen-bond acceptors (Lipinski definition) is 5. The van der Waals surface area contributed by atoms with Gasteiger partial charge in [-0.1, -0.05) is 55.5 Å². The smallest absolute Gasteiger partial charge is 0.290 e. The Morgan fingerprint density at radius 3 is 2.47 bits per heavy atom. The summed E-state index contributed by atoms with van der Waals surface area (Å²) in [6.45, 7) is 2.90. The number of benzene rings is 3. The molecule has 6 nitrogen and oxygen atoms in total. The van der Waals surface area contributed by atoms with Crippen molar-refractivity contribution in [2.75, 3.05) is 13.7 Å². The van der Waals surface area contributed by atoms with Crippen LogP contribution in [0.1, 0.15) is 46.6 Å². The van der Waals surface area contributed by atoms with Gasteiger partial charge in [0.1, 0.15) is 12.2 Å². The molecule has 0 spiro atoms. The van der Waals surface area contributed by atoms with Crippen molar-refractivity contribution in [1.82, 2.24) is 4.90 Å². The lowest BCUT2D eigenvalue weighted by molar-refractivity contribution is 0.0728. The number of para-hydroxylation sites is 1. The van der Waals surface area contributed by atoms with E-state index < -0.39 is 6.04 Å². The van der Waals surface area contributed by atoms with Gasteiger partial charge >= 0.3 is 0 Å². The number of carbonyl (C=O) groups excluding carboxylic acids is 1. The third kappa shape index (κ3) is 3.71. The standard InChI is InChI=1S/C28H25NO5/c1-3-15-29-25(24-26(30)20-11-7-8-12-21(20)34-27(24)28(29)31)19-13-14-22(23(16-19)32-2)33-17-18-9-5-4-6-10-18/h4-14,16,25H,3,15,17H2,1-2H3/t25-/m1/s1. The minimum absolute atomic E-state index is 0.116. The molecule has 0 N–H and O–H groups in total.